The van der Waals surface area contributed by atoms with Crippen LogP contribution in [0.2, 0.25) is 0 Å². The normalized spacial score (nSPS) is 15.5. The third kappa shape index (κ3) is 4.56. The predicted molar refractivity (Wildman–Crippen MR) is 103 cm³/mol. The van der Waals surface area contributed by atoms with E-state index in [9.17, 15) is 4.39 Å². The van der Waals surface area contributed by atoms with Crippen molar-refractivity contribution in [2.24, 2.45) is 7.05 Å². The lowest BCUT2D eigenvalue weighted by molar-refractivity contribution is 0.267. The lowest BCUT2D eigenvalue weighted by Crippen LogP contribution is -2.25. The van der Waals surface area contributed by atoms with Crippen molar-refractivity contribution in [2.75, 3.05) is 13.1 Å². The summed E-state index contributed by atoms with van der Waals surface area (Å²) in [6.07, 6.45) is 8.71. The van der Waals surface area contributed by atoms with Gasteiger partial charge in [-0.1, -0.05) is 18.9 Å². The molecule has 0 saturated carbocycles. The molecule has 0 amide bonds. The molecule has 0 spiro atoms. The fourth-order valence-corrected chi connectivity index (χ4v) is 3.48. The second-order valence-corrected chi connectivity index (χ2v) is 7.16. The van der Waals surface area contributed by atoms with Crippen LogP contribution in [-0.2, 0) is 20.2 Å². The van der Waals surface area contributed by atoms with Crippen molar-refractivity contribution < 1.29 is 9.13 Å². The van der Waals surface area contributed by atoms with Gasteiger partial charge in [0.1, 0.15) is 29.7 Å². The highest BCUT2D eigenvalue weighted by atomic mass is 19.1. The van der Waals surface area contributed by atoms with Crippen molar-refractivity contribution in [1.82, 2.24) is 29.4 Å². The largest absolute Gasteiger partial charge is 0.485 e. The maximum atomic E-state index is 13.3. The van der Waals surface area contributed by atoms with Gasteiger partial charge in [0.25, 0.3) is 0 Å². The quantitative estimate of drug-likeness (QED) is 0.654. The Bertz CT molecular complexity index is 913. The molecule has 0 aliphatic carbocycles. The van der Waals surface area contributed by atoms with Gasteiger partial charge in [-0.15, -0.1) is 5.10 Å². The zero-order valence-corrected chi connectivity index (χ0v) is 16.1. The number of rotatable bonds is 6. The van der Waals surface area contributed by atoms with Gasteiger partial charge in [0.15, 0.2) is 5.82 Å². The summed E-state index contributed by atoms with van der Waals surface area (Å²) >= 11 is 0. The Balaban J connectivity index is 1.54. The van der Waals surface area contributed by atoms with Crippen LogP contribution in [0.5, 0.6) is 5.75 Å². The van der Waals surface area contributed by atoms with E-state index in [1.54, 1.807) is 23.0 Å². The second kappa shape index (κ2) is 8.52. The number of likely N-dealkylation sites (tertiary alicyclic amines) is 1. The van der Waals surface area contributed by atoms with E-state index in [4.69, 9.17) is 9.72 Å². The summed E-state index contributed by atoms with van der Waals surface area (Å²) in [5.41, 5.74) is 0.872. The first-order valence-electron chi connectivity index (χ1n) is 9.72. The molecule has 2 aromatic heterocycles. The van der Waals surface area contributed by atoms with Crippen LogP contribution in [-0.4, -0.2) is 42.5 Å². The molecule has 4 rings (SSSR count). The molecule has 8 heteroatoms. The first-order valence-corrected chi connectivity index (χ1v) is 9.72. The van der Waals surface area contributed by atoms with E-state index in [2.05, 4.69) is 15.1 Å². The van der Waals surface area contributed by atoms with E-state index >= 15 is 0 Å². The second-order valence-electron chi connectivity index (χ2n) is 7.16. The van der Waals surface area contributed by atoms with Gasteiger partial charge in [0, 0.05) is 13.1 Å². The topological polar surface area (TPSA) is 61.0 Å². The molecule has 148 valence electrons. The molecule has 3 aromatic rings. The Labute approximate surface area is 163 Å². The van der Waals surface area contributed by atoms with Gasteiger partial charge in [-0.25, -0.2) is 14.1 Å². The lowest BCUT2D eigenvalue weighted by Gasteiger charge is -2.18. The average Bonchev–Trinajstić information content (AvgIpc) is 3.19. The zero-order valence-electron chi connectivity index (χ0n) is 16.1. The standard InChI is InChI=1S/C20H25FN6O/c1-25-13-17(12-22-25)27-20(14-26-9-4-2-3-5-10-26)23-19(24-27)15-28-18-8-6-7-16(21)11-18/h6-8,11-13H,2-5,9-10,14-15H2,1H3. The Morgan fingerprint density at radius 3 is 2.68 bits per heavy atom. The smallest absolute Gasteiger partial charge is 0.188 e. The third-order valence-corrected chi connectivity index (χ3v) is 4.88. The highest BCUT2D eigenvalue weighted by Crippen LogP contribution is 2.17. The molecule has 1 aliphatic rings. The molecule has 0 bridgehead atoms. The molecule has 1 fully saturated rings. The number of benzene rings is 1. The molecule has 0 N–H and O–H groups in total. The highest BCUT2D eigenvalue weighted by Gasteiger charge is 2.18. The van der Waals surface area contributed by atoms with E-state index in [1.165, 1.54) is 37.8 Å². The SMILES string of the molecule is Cn1cc(-n2nc(COc3cccc(F)c3)nc2CN2CCCCCC2)cn1. The monoisotopic (exact) mass is 384 g/mol. The van der Waals surface area contributed by atoms with Gasteiger partial charge < -0.3 is 4.74 Å². The highest BCUT2D eigenvalue weighted by molar-refractivity contribution is 5.26. The summed E-state index contributed by atoms with van der Waals surface area (Å²) in [5, 5.41) is 8.88. The number of aromatic nitrogens is 5. The van der Waals surface area contributed by atoms with Crippen molar-refractivity contribution in [1.29, 1.82) is 0 Å². The van der Waals surface area contributed by atoms with E-state index in [-0.39, 0.29) is 12.4 Å². The average molecular weight is 384 g/mol. The van der Waals surface area contributed by atoms with Crippen molar-refractivity contribution in [2.45, 2.75) is 38.8 Å². The summed E-state index contributed by atoms with van der Waals surface area (Å²) in [6, 6.07) is 6.09. The molecule has 0 atom stereocenters. The number of nitrogens with zero attached hydrogens (tertiary/aromatic N) is 6. The Morgan fingerprint density at radius 2 is 1.96 bits per heavy atom. The molecule has 1 aliphatic heterocycles. The zero-order chi connectivity index (χ0) is 19.3. The minimum Gasteiger partial charge on any atom is -0.485 e. The summed E-state index contributed by atoms with van der Waals surface area (Å²) in [4.78, 5) is 7.14. The summed E-state index contributed by atoms with van der Waals surface area (Å²) in [5.74, 6) is 1.57. The summed E-state index contributed by atoms with van der Waals surface area (Å²) in [6.45, 7) is 3.08. The van der Waals surface area contributed by atoms with Crippen LogP contribution in [0.15, 0.2) is 36.7 Å². The van der Waals surface area contributed by atoms with Crippen molar-refractivity contribution >= 4 is 0 Å². The van der Waals surface area contributed by atoms with Gasteiger partial charge in [-0.05, 0) is 38.1 Å². The fraction of sp³-hybridized carbons (Fsp3) is 0.450. The van der Waals surface area contributed by atoms with Crippen LogP contribution in [0, 0.1) is 5.82 Å². The Kier molecular flexibility index (Phi) is 5.66. The van der Waals surface area contributed by atoms with E-state index < -0.39 is 0 Å². The first kappa shape index (κ1) is 18.6. The molecule has 0 unspecified atom stereocenters. The van der Waals surface area contributed by atoms with Crippen molar-refractivity contribution in [3.8, 4) is 11.4 Å². The minimum absolute atomic E-state index is 0.184. The van der Waals surface area contributed by atoms with Crippen LogP contribution in [0.25, 0.3) is 5.69 Å². The lowest BCUT2D eigenvalue weighted by atomic mass is 10.2. The minimum atomic E-state index is -0.326. The van der Waals surface area contributed by atoms with Gasteiger partial charge in [0.05, 0.1) is 18.9 Å². The maximum Gasteiger partial charge on any atom is 0.188 e. The third-order valence-electron chi connectivity index (χ3n) is 4.88. The van der Waals surface area contributed by atoms with E-state index in [0.717, 1.165) is 31.1 Å². The van der Waals surface area contributed by atoms with Crippen LogP contribution >= 0.6 is 0 Å². The summed E-state index contributed by atoms with van der Waals surface area (Å²) in [7, 11) is 1.88. The number of halogens is 1. The van der Waals surface area contributed by atoms with Crippen molar-refractivity contribution in [3.63, 3.8) is 0 Å². The van der Waals surface area contributed by atoms with Crippen LogP contribution in [0.1, 0.15) is 37.3 Å². The number of ether oxygens (including phenoxy) is 1. The van der Waals surface area contributed by atoms with Gasteiger partial charge in [-0.2, -0.15) is 5.10 Å². The van der Waals surface area contributed by atoms with Gasteiger partial charge >= 0.3 is 0 Å². The van der Waals surface area contributed by atoms with E-state index in [1.807, 2.05) is 17.9 Å². The molecule has 28 heavy (non-hydrogen) atoms. The molecule has 3 heterocycles. The molecular weight excluding hydrogens is 359 g/mol. The Morgan fingerprint density at radius 1 is 1.14 bits per heavy atom. The van der Waals surface area contributed by atoms with Crippen molar-refractivity contribution in [3.05, 3.63) is 54.1 Å². The molecule has 1 aromatic carbocycles. The first-order chi connectivity index (χ1) is 13.7. The number of hydrogen-bond donors (Lipinski definition) is 0. The van der Waals surface area contributed by atoms with Gasteiger partial charge in [0.2, 0.25) is 0 Å². The number of aryl methyl sites for hydroxylation is 1. The van der Waals surface area contributed by atoms with E-state index in [0.29, 0.717) is 11.6 Å². The Hall–Kier alpha value is -2.74. The number of hydrogen-bond acceptors (Lipinski definition) is 5. The maximum absolute atomic E-state index is 13.3. The fourth-order valence-electron chi connectivity index (χ4n) is 3.48. The molecule has 7 nitrogen and oxygen atoms in total. The van der Waals surface area contributed by atoms with Crippen LogP contribution in [0.4, 0.5) is 4.39 Å². The van der Waals surface area contributed by atoms with Gasteiger partial charge in [-0.3, -0.25) is 9.58 Å². The van der Waals surface area contributed by atoms with Crippen LogP contribution < -0.4 is 4.74 Å². The molecule has 1 saturated heterocycles. The molecular formula is C20H25FN6O. The summed E-state index contributed by atoms with van der Waals surface area (Å²) < 4.78 is 22.6. The predicted octanol–water partition coefficient (Wildman–Crippen LogP) is 3.09. The molecule has 0 radical (unpaired) electrons. The van der Waals surface area contributed by atoms with Crippen LogP contribution in [0.3, 0.4) is 0 Å².